The summed E-state index contributed by atoms with van der Waals surface area (Å²) < 4.78 is 0. The van der Waals surface area contributed by atoms with Gasteiger partial charge in [-0.25, -0.2) is 4.79 Å². The zero-order valence-electron chi connectivity index (χ0n) is 20.3. The van der Waals surface area contributed by atoms with Crippen LogP contribution in [0.3, 0.4) is 0 Å². The second kappa shape index (κ2) is 9.86. The van der Waals surface area contributed by atoms with Gasteiger partial charge < -0.3 is 15.7 Å². The Bertz CT molecular complexity index is 1260. The number of aromatic nitrogens is 1. The van der Waals surface area contributed by atoms with Gasteiger partial charge in [0.15, 0.2) is 0 Å². The molecule has 1 saturated carbocycles. The summed E-state index contributed by atoms with van der Waals surface area (Å²) in [7, 11) is 0. The van der Waals surface area contributed by atoms with Crippen LogP contribution < -0.4 is 10.6 Å². The molecule has 0 saturated heterocycles. The van der Waals surface area contributed by atoms with Crippen LogP contribution in [0.15, 0.2) is 54.6 Å². The van der Waals surface area contributed by atoms with Gasteiger partial charge in [-0.15, -0.1) is 0 Å². The molecule has 0 atom stereocenters. The van der Waals surface area contributed by atoms with Crippen molar-refractivity contribution >= 4 is 34.4 Å². The molecule has 0 aliphatic heterocycles. The van der Waals surface area contributed by atoms with Crippen molar-refractivity contribution in [1.29, 1.82) is 0 Å². The number of hydrogen-bond acceptors (Lipinski definition) is 4. The van der Waals surface area contributed by atoms with Gasteiger partial charge in [-0.2, -0.15) is 0 Å². The zero-order chi connectivity index (χ0) is 25.2. The lowest BCUT2D eigenvalue weighted by molar-refractivity contribution is -0.146. The fourth-order valence-electron chi connectivity index (χ4n) is 4.63. The third kappa shape index (κ3) is 5.50. The second-order valence-electron chi connectivity index (χ2n) is 9.86. The number of nitrogens with one attached hydrogen (secondary N) is 2. The standard InChI is InChI=1S/C28H31N3O4/c1-17-23(16-21-6-4-5-7-24(21)29-17)26(33)30-22-14-12-19(13-15-22)18-8-10-20(11-9-18)25(32)31-28(2,3)27(34)35/h4-7,12-16,18,20H,8-11H2,1-3H3,(H,30,33)(H,31,32)(H,34,35). The maximum atomic E-state index is 12.9. The Balaban J connectivity index is 1.35. The van der Waals surface area contributed by atoms with Crippen molar-refractivity contribution in [1.82, 2.24) is 10.3 Å². The minimum atomic E-state index is -1.27. The molecule has 0 unspecified atom stereocenters. The fourth-order valence-corrected chi connectivity index (χ4v) is 4.63. The van der Waals surface area contributed by atoms with Crippen LogP contribution in [0, 0.1) is 12.8 Å². The number of carboxylic acids is 1. The van der Waals surface area contributed by atoms with Crippen LogP contribution in [0.25, 0.3) is 10.9 Å². The minimum Gasteiger partial charge on any atom is -0.480 e. The van der Waals surface area contributed by atoms with Gasteiger partial charge in [0.2, 0.25) is 5.91 Å². The largest absolute Gasteiger partial charge is 0.480 e. The first-order chi connectivity index (χ1) is 16.6. The van der Waals surface area contributed by atoms with Crippen LogP contribution in [0.1, 0.15) is 67.1 Å². The van der Waals surface area contributed by atoms with Gasteiger partial charge in [0.05, 0.1) is 16.8 Å². The van der Waals surface area contributed by atoms with Crippen LogP contribution in [-0.2, 0) is 9.59 Å². The quantitative estimate of drug-likeness (QED) is 0.464. The molecular formula is C28H31N3O4. The smallest absolute Gasteiger partial charge is 0.328 e. The van der Waals surface area contributed by atoms with Gasteiger partial charge in [0.25, 0.3) is 5.91 Å². The Morgan fingerprint density at radius 1 is 0.971 bits per heavy atom. The summed E-state index contributed by atoms with van der Waals surface area (Å²) in [6.45, 7) is 4.83. The summed E-state index contributed by atoms with van der Waals surface area (Å²) in [5, 5.41) is 15.8. The summed E-state index contributed by atoms with van der Waals surface area (Å²) in [6, 6.07) is 17.5. The van der Waals surface area contributed by atoms with Crippen molar-refractivity contribution in [3.8, 4) is 0 Å². The van der Waals surface area contributed by atoms with Gasteiger partial charge in [0.1, 0.15) is 5.54 Å². The van der Waals surface area contributed by atoms with E-state index >= 15 is 0 Å². The normalized spacial score (nSPS) is 18.1. The van der Waals surface area contributed by atoms with E-state index in [1.54, 1.807) is 0 Å². The molecule has 0 radical (unpaired) electrons. The highest BCUT2D eigenvalue weighted by Gasteiger charge is 2.33. The van der Waals surface area contributed by atoms with E-state index < -0.39 is 11.5 Å². The molecule has 4 rings (SSSR count). The van der Waals surface area contributed by atoms with E-state index in [1.165, 1.54) is 19.4 Å². The molecule has 3 N–H and O–H groups in total. The highest BCUT2D eigenvalue weighted by atomic mass is 16.4. The molecule has 1 aliphatic carbocycles. The predicted octanol–water partition coefficient (Wildman–Crippen LogP) is 5.05. The number of amides is 2. The van der Waals surface area contributed by atoms with Gasteiger partial charge in [-0.05, 0) is 82.2 Å². The molecule has 2 amide bonds. The molecule has 1 aromatic heterocycles. The van der Waals surface area contributed by atoms with Crippen molar-refractivity contribution in [2.75, 3.05) is 5.32 Å². The van der Waals surface area contributed by atoms with Gasteiger partial charge in [-0.1, -0.05) is 30.3 Å². The lowest BCUT2D eigenvalue weighted by Crippen LogP contribution is -2.51. The molecule has 182 valence electrons. The van der Waals surface area contributed by atoms with Crippen molar-refractivity contribution in [2.45, 2.75) is 57.9 Å². The lowest BCUT2D eigenvalue weighted by Gasteiger charge is -2.30. The van der Waals surface area contributed by atoms with Crippen molar-refractivity contribution in [3.05, 3.63) is 71.4 Å². The number of carboxylic acid groups (broad SMARTS) is 1. The Morgan fingerprint density at radius 3 is 2.29 bits per heavy atom. The highest BCUT2D eigenvalue weighted by Crippen LogP contribution is 2.36. The Kier molecular flexibility index (Phi) is 6.87. The van der Waals surface area contributed by atoms with E-state index in [0.29, 0.717) is 17.2 Å². The molecule has 3 aromatic rings. The third-order valence-electron chi connectivity index (χ3n) is 6.87. The lowest BCUT2D eigenvalue weighted by atomic mass is 9.78. The zero-order valence-corrected chi connectivity index (χ0v) is 20.3. The van der Waals surface area contributed by atoms with Crippen LogP contribution in [0.2, 0.25) is 0 Å². The summed E-state index contributed by atoms with van der Waals surface area (Å²) >= 11 is 0. The number of para-hydroxylation sites is 1. The number of benzene rings is 2. The molecule has 0 bridgehead atoms. The third-order valence-corrected chi connectivity index (χ3v) is 6.87. The molecule has 1 aliphatic rings. The molecule has 2 aromatic carbocycles. The number of rotatable bonds is 6. The molecule has 1 fully saturated rings. The van der Waals surface area contributed by atoms with Crippen molar-refractivity contribution in [2.24, 2.45) is 5.92 Å². The van der Waals surface area contributed by atoms with E-state index in [-0.39, 0.29) is 17.7 Å². The van der Waals surface area contributed by atoms with E-state index in [4.69, 9.17) is 0 Å². The number of aliphatic carboxylic acids is 1. The number of nitrogens with zero attached hydrogens (tertiary/aromatic N) is 1. The topological polar surface area (TPSA) is 108 Å². The maximum absolute atomic E-state index is 12.9. The average Bonchev–Trinajstić information content (AvgIpc) is 2.83. The summed E-state index contributed by atoms with van der Waals surface area (Å²) in [6.07, 6.45) is 3.16. The van der Waals surface area contributed by atoms with Gasteiger partial charge in [-0.3, -0.25) is 14.6 Å². The second-order valence-corrected chi connectivity index (χ2v) is 9.86. The number of fused-ring (bicyclic) bond motifs is 1. The molecule has 0 spiro atoms. The number of hydrogen-bond donors (Lipinski definition) is 3. The Labute approximate surface area is 205 Å². The molecular weight excluding hydrogens is 442 g/mol. The van der Waals surface area contributed by atoms with Crippen molar-refractivity contribution < 1.29 is 19.5 Å². The molecule has 7 heteroatoms. The van der Waals surface area contributed by atoms with E-state index in [9.17, 15) is 19.5 Å². The number of carbonyl (C=O) groups excluding carboxylic acids is 2. The maximum Gasteiger partial charge on any atom is 0.328 e. The molecule has 1 heterocycles. The van der Waals surface area contributed by atoms with Crippen LogP contribution in [0.4, 0.5) is 5.69 Å². The average molecular weight is 474 g/mol. The Hall–Kier alpha value is -3.74. The van der Waals surface area contributed by atoms with Crippen LogP contribution >= 0.6 is 0 Å². The number of pyridine rings is 1. The number of anilines is 1. The first-order valence-electron chi connectivity index (χ1n) is 12.0. The van der Waals surface area contributed by atoms with Crippen LogP contribution in [0.5, 0.6) is 0 Å². The summed E-state index contributed by atoms with van der Waals surface area (Å²) in [4.78, 5) is 41.2. The van der Waals surface area contributed by atoms with E-state index in [2.05, 4.69) is 15.6 Å². The van der Waals surface area contributed by atoms with E-state index in [0.717, 1.165) is 42.3 Å². The van der Waals surface area contributed by atoms with E-state index in [1.807, 2.05) is 61.5 Å². The number of aryl methyl sites for hydroxylation is 1. The molecule has 35 heavy (non-hydrogen) atoms. The molecule has 7 nitrogen and oxygen atoms in total. The number of carbonyl (C=O) groups is 3. The highest BCUT2D eigenvalue weighted by molar-refractivity contribution is 6.06. The van der Waals surface area contributed by atoms with Crippen LogP contribution in [-0.4, -0.2) is 33.4 Å². The predicted molar refractivity (Wildman–Crippen MR) is 135 cm³/mol. The minimum absolute atomic E-state index is 0.165. The SMILES string of the molecule is Cc1nc2ccccc2cc1C(=O)Nc1ccc(C2CCC(C(=O)NC(C)(C)C(=O)O)CC2)cc1. The Morgan fingerprint density at radius 2 is 1.63 bits per heavy atom. The van der Waals surface area contributed by atoms with Gasteiger partial charge in [0, 0.05) is 17.0 Å². The monoisotopic (exact) mass is 473 g/mol. The summed E-state index contributed by atoms with van der Waals surface area (Å²) in [5.41, 5.74) is 2.73. The van der Waals surface area contributed by atoms with Gasteiger partial charge >= 0.3 is 5.97 Å². The first kappa shape index (κ1) is 24.4. The van der Waals surface area contributed by atoms with Crippen molar-refractivity contribution in [3.63, 3.8) is 0 Å². The first-order valence-corrected chi connectivity index (χ1v) is 12.0. The fraction of sp³-hybridized carbons (Fsp3) is 0.357. The summed E-state index contributed by atoms with van der Waals surface area (Å²) in [5.74, 6) is -1.25.